The number of ether oxygens (including phenoxy) is 1. The first-order valence-electron chi connectivity index (χ1n) is 13.0. The first kappa shape index (κ1) is 27.6. The Hall–Kier alpha value is -1.95. The number of hydrogen-bond donors (Lipinski definition) is 0. The Morgan fingerprint density at radius 1 is 0.857 bits per heavy atom. The normalized spacial score (nSPS) is 18.7. The Balaban J connectivity index is 1.60. The third-order valence-corrected chi connectivity index (χ3v) is 7.24. The molecule has 1 saturated carbocycles. The van der Waals surface area contributed by atoms with E-state index in [1.165, 1.54) is 31.4 Å². The van der Waals surface area contributed by atoms with Gasteiger partial charge in [0.2, 0.25) is 0 Å². The van der Waals surface area contributed by atoms with Gasteiger partial charge in [-0.3, -0.25) is 0 Å². The summed E-state index contributed by atoms with van der Waals surface area (Å²) in [6.07, 6.45) is 5.59. The number of aryl methyl sites for hydroxylation is 1. The Morgan fingerprint density at radius 3 is 2.26 bits per heavy atom. The van der Waals surface area contributed by atoms with Gasteiger partial charge < -0.3 is 4.74 Å². The van der Waals surface area contributed by atoms with Gasteiger partial charge in [0.15, 0.2) is 11.6 Å². The summed E-state index contributed by atoms with van der Waals surface area (Å²) in [7, 11) is 0. The molecule has 0 unspecified atom stereocenters. The third-order valence-electron chi connectivity index (χ3n) is 7.24. The van der Waals surface area contributed by atoms with Crippen LogP contribution < -0.4 is 0 Å². The van der Waals surface area contributed by atoms with E-state index in [1.807, 2.05) is 6.92 Å². The summed E-state index contributed by atoms with van der Waals surface area (Å²) < 4.78 is 77.6. The second-order valence-electron chi connectivity index (χ2n) is 9.83. The van der Waals surface area contributed by atoms with Gasteiger partial charge in [0.05, 0.1) is 12.2 Å². The predicted molar refractivity (Wildman–Crippen MR) is 129 cm³/mol. The zero-order chi connectivity index (χ0) is 25.4. The minimum atomic E-state index is -4.01. The van der Waals surface area contributed by atoms with E-state index in [4.69, 9.17) is 0 Å². The Morgan fingerprint density at radius 2 is 1.60 bits per heavy atom. The summed E-state index contributed by atoms with van der Waals surface area (Å²) in [6.45, 7) is 3.62. The fraction of sp³-hybridized carbons (Fsp3) is 0.586. The van der Waals surface area contributed by atoms with Gasteiger partial charge in [-0.15, -0.1) is 0 Å². The molecule has 3 rings (SSSR count). The number of hydrogen-bond acceptors (Lipinski definition) is 1. The predicted octanol–water partition coefficient (Wildman–Crippen LogP) is 9.22. The van der Waals surface area contributed by atoms with Crippen LogP contribution in [0.2, 0.25) is 0 Å². The summed E-state index contributed by atoms with van der Waals surface area (Å²) in [5, 5.41) is 0. The summed E-state index contributed by atoms with van der Waals surface area (Å²) in [5.41, 5.74) is 0.129. The highest BCUT2D eigenvalue weighted by Gasteiger charge is 2.38. The van der Waals surface area contributed by atoms with Crippen molar-refractivity contribution < 1.29 is 26.7 Å². The molecule has 1 fully saturated rings. The lowest BCUT2D eigenvalue weighted by atomic mass is 9.76. The molecule has 1 aliphatic carbocycles. The van der Waals surface area contributed by atoms with Crippen LogP contribution in [0.4, 0.5) is 22.0 Å². The molecule has 1 nitrogen and oxygen atoms in total. The fourth-order valence-corrected chi connectivity index (χ4v) is 5.15. The van der Waals surface area contributed by atoms with E-state index >= 15 is 0 Å². The number of benzene rings is 2. The van der Waals surface area contributed by atoms with Crippen molar-refractivity contribution >= 4 is 0 Å². The van der Waals surface area contributed by atoms with Crippen LogP contribution in [0.15, 0.2) is 30.3 Å². The molecule has 0 bridgehead atoms. The fourth-order valence-electron chi connectivity index (χ4n) is 5.15. The average Bonchev–Trinajstić information content (AvgIpc) is 2.83. The lowest BCUT2D eigenvalue weighted by molar-refractivity contribution is -0.250. The molecule has 0 atom stereocenters. The SMILES string of the molecule is CCCCC[C@H]1CC[C@H](c2ccc(C(F)(F)OCCc3ccc(CCC)cc3F)c(F)c2F)CC1. The molecule has 0 aromatic heterocycles. The average molecular weight is 497 g/mol. The van der Waals surface area contributed by atoms with E-state index < -0.39 is 35.7 Å². The molecule has 2 aromatic carbocycles. The van der Waals surface area contributed by atoms with E-state index in [0.29, 0.717) is 5.92 Å². The maximum atomic E-state index is 14.8. The lowest BCUT2D eigenvalue weighted by Crippen LogP contribution is -2.23. The highest BCUT2D eigenvalue weighted by molar-refractivity contribution is 5.31. The van der Waals surface area contributed by atoms with Crippen molar-refractivity contribution in [2.45, 2.75) is 96.5 Å². The first-order chi connectivity index (χ1) is 16.8. The largest absolute Gasteiger partial charge is 0.386 e. The van der Waals surface area contributed by atoms with E-state index in [9.17, 15) is 22.0 Å². The van der Waals surface area contributed by atoms with Crippen molar-refractivity contribution in [2.75, 3.05) is 6.61 Å². The van der Waals surface area contributed by atoms with Crippen LogP contribution in [0.25, 0.3) is 0 Å². The molecule has 0 aliphatic heterocycles. The van der Waals surface area contributed by atoms with Gasteiger partial charge in [-0.2, -0.15) is 8.78 Å². The summed E-state index contributed by atoms with van der Waals surface area (Å²) in [4.78, 5) is 0. The number of rotatable bonds is 12. The van der Waals surface area contributed by atoms with Crippen molar-refractivity contribution in [1.29, 1.82) is 0 Å². The van der Waals surface area contributed by atoms with E-state index in [-0.39, 0.29) is 23.5 Å². The molecule has 0 heterocycles. The molecule has 0 N–H and O–H groups in total. The highest BCUT2D eigenvalue weighted by atomic mass is 19.3. The molecule has 1 aliphatic rings. The Bertz CT molecular complexity index is 950. The highest BCUT2D eigenvalue weighted by Crippen LogP contribution is 2.41. The molecule has 0 spiro atoms. The standard InChI is InChI=1S/C29H37F5O/c1-3-5-6-8-20-9-12-22(13-10-20)24-15-16-25(28(32)27(24)31)29(33,34)35-18-17-23-14-11-21(7-4-2)19-26(23)30/h11,14-16,19-20,22H,3-10,12-13,17-18H2,1-2H3/t20-,22-. The molecule has 0 radical (unpaired) electrons. The van der Waals surface area contributed by atoms with Crippen LogP contribution >= 0.6 is 0 Å². The van der Waals surface area contributed by atoms with Crippen LogP contribution in [0.3, 0.4) is 0 Å². The molecule has 0 amide bonds. The summed E-state index contributed by atoms with van der Waals surface area (Å²) >= 11 is 0. The van der Waals surface area contributed by atoms with Crippen LogP contribution in [0, 0.1) is 23.4 Å². The Kier molecular flexibility index (Phi) is 10.1. The van der Waals surface area contributed by atoms with Crippen LogP contribution in [0.1, 0.15) is 99.8 Å². The van der Waals surface area contributed by atoms with Crippen LogP contribution in [0.5, 0.6) is 0 Å². The summed E-state index contributed by atoms with van der Waals surface area (Å²) in [5.74, 6) is -2.81. The Labute approximate surface area is 206 Å². The van der Waals surface area contributed by atoms with E-state index in [0.717, 1.165) is 56.6 Å². The van der Waals surface area contributed by atoms with Gasteiger partial charge in [-0.05, 0) is 79.2 Å². The van der Waals surface area contributed by atoms with Gasteiger partial charge >= 0.3 is 6.11 Å². The van der Waals surface area contributed by atoms with Crippen molar-refractivity contribution in [3.8, 4) is 0 Å². The number of halogens is 5. The van der Waals surface area contributed by atoms with Gasteiger partial charge in [0.1, 0.15) is 5.82 Å². The van der Waals surface area contributed by atoms with E-state index in [2.05, 4.69) is 11.7 Å². The maximum Gasteiger partial charge on any atom is 0.386 e. The second-order valence-corrected chi connectivity index (χ2v) is 9.83. The number of alkyl halides is 2. The third kappa shape index (κ3) is 7.28. The zero-order valence-electron chi connectivity index (χ0n) is 20.8. The van der Waals surface area contributed by atoms with Crippen molar-refractivity contribution in [2.24, 2.45) is 5.92 Å². The van der Waals surface area contributed by atoms with E-state index in [1.54, 1.807) is 12.1 Å². The smallest absolute Gasteiger partial charge is 0.316 e. The topological polar surface area (TPSA) is 9.23 Å². The number of unbranched alkanes of at least 4 members (excludes halogenated alkanes) is 2. The molecule has 0 saturated heterocycles. The molecule has 6 heteroatoms. The van der Waals surface area contributed by atoms with Gasteiger partial charge in [0.25, 0.3) is 0 Å². The first-order valence-corrected chi connectivity index (χ1v) is 13.0. The molecular weight excluding hydrogens is 459 g/mol. The molecule has 2 aromatic rings. The van der Waals surface area contributed by atoms with Crippen molar-refractivity contribution in [3.63, 3.8) is 0 Å². The van der Waals surface area contributed by atoms with Crippen LogP contribution in [-0.2, 0) is 23.7 Å². The van der Waals surface area contributed by atoms with Gasteiger partial charge in [0, 0.05) is 0 Å². The molecule has 194 valence electrons. The zero-order valence-corrected chi connectivity index (χ0v) is 20.8. The van der Waals surface area contributed by atoms with Crippen molar-refractivity contribution in [1.82, 2.24) is 0 Å². The van der Waals surface area contributed by atoms with Crippen molar-refractivity contribution in [3.05, 3.63) is 70.0 Å². The minimum absolute atomic E-state index is 0.0997. The quantitative estimate of drug-likeness (QED) is 0.210. The summed E-state index contributed by atoms with van der Waals surface area (Å²) in [6, 6.07) is 6.91. The maximum absolute atomic E-state index is 14.8. The minimum Gasteiger partial charge on any atom is -0.316 e. The monoisotopic (exact) mass is 496 g/mol. The lowest BCUT2D eigenvalue weighted by Gasteiger charge is -2.29. The second kappa shape index (κ2) is 12.8. The van der Waals surface area contributed by atoms with Crippen LogP contribution in [-0.4, -0.2) is 6.61 Å². The molecular formula is C29H37F5O. The van der Waals surface area contributed by atoms with Gasteiger partial charge in [-0.25, -0.2) is 13.2 Å². The molecule has 35 heavy (non-hydrogen) atoms. The van der Waals surface area contributed by atoms with Gasteiger partial charge in [-0.1, -0.05) is 64.2 Å².